The molecular weight excluding hydrogens is 358 g/mol. The van der Waals surface area contributed by atoms with Crippen molar-refractivity contribution in [3.63, 3.8) is 0 Å². The van der Waals surface area contributed by atoms with Crippen molar-refractivity contribution in [3.8, 4) is 11.5 Å². The molecule has 4 nitrogen and oxygen atoms in total. The molecule has 0 atom stereocenters. The summed E-state index contributed by atoms with van der Waals surface area (Å²) in [5, 5.41) is 3.39. The van der Waals surface area contributed by atoms with Crippen LogP contribution < -0.4 is 14.8 Å². The second-order valence-electron chi connectivity index (χ2n) is 4.27. The van der Waals surface area contributed by atoms with E-state index >= 15 is 0 Å². The molecule has 0 aliphatic carbocycles. The maximum absolute atomic E-state index is 5.57. The Morgan fingerprint density at radius 3 is 2.57 bits per heavy atom. The van der Waals surface area contributed by atoms with E-state index in [1.165, 1.54) is 0 Å². The SMILES string of the molecule is CCOCCCNCc1cc(Br)c(OCC)c(OC)c1.Cl. The van der Waals surface area contributed by atoms with Crippen LogP contribution in [0.3, 0.4) is 0 Å². The van der Waals surface area contributed by atoms with E-state index in [9.17, 15) is 0 Å². The number of hydrogen-bond acceptors (Lipinski definition) is 4. The Bertz CT molecular complexity index is 405. The van der Waals surface area contributed by atoms with Gasteiger partial charge in [0.15, 0.2) is 11.5 Å². The molecule has 0 aromatic heterocycles. The fourth-order valence-corrected chi connectivity index (χ4v) is 2.44. The lowest BCUT2D eigenvalue weighted by atomic mass is 10.2. The molecule has 122 valence electrons. The van der Waals surface area contributed by atoms with Crippen molar-refractivity contribution in [2.24, 2.45) is 0 Å². The normalized spacial score (nSPS) is 10.1. The fourth-order valence-electron chi connectivity index (χ4n) is 1.84. The summed E-state index contributed by atoms with van der Waals surface area (Å²) >= 11 is 3.53. The number of nitrogens with one attached hydrogen (secondary N) is 1. The van der Waals surface area contributed by atoms with Crippen LogP contribution in [0.1, 0.15) is 25.8 Å². The monoisotopic (exact) mass is 381 g/mol. The minimum absolute atomic E-state index is 0. The Hall–Kier alpha value is -0.490. The first-order valence-corrected chi connectivity index (χ1v) is 7.79. The molecule has 1 aromatic carbocycles. The number of halogens is 2. The Kier molecular flexibility index (Phi) is 11.8. The highest BCUT2D eigenvalue weighted by molar-refractivity contribution is 9.10. The Morgan fingerprint density at radius 1 is 1.19 bits per heavy atom. The molecule has 0 unspecified atom stereocenters. The molecule has 0 saturated carbocycles. The zero-order valence-corrected chi connectivity index (χ0v) is 15.3. The van der Waals surface area contributed by atoms with Gasteiger partial charge >= 0.3 is 0 Å². The highest BCUT2D eigenvalue weighted by Crippen LogP contribution is 2.36. The number of benzene rings is 1. The second-order valence-corrected chi connectivity index (χ2v) is 5.12. The zero-order chi connectivity index (χ0) is 14.8. The first-order valence-electron chi connectivity index (χ1n) is 7.00. The van der Waals surface area contributed by atoms with E-state index in [0.717, 1.165) is 54.3 Å². The van der Waals surface area contributed by atoms with E-state index in [1.54, 1.807) is 7.11 Å². The summed E-state index contributed by atoms with van der Waals surface area (Å²) in [5.41, 5.74) is 1.16. The van der Waals surface area contributed by atoms with Gasteiger partial charge in [0, 0.05) is 19.8 Å². The molecule has 0 aliphatic rings. The van der Waals surface area contributed by atoms with Gasteiger partial charge in [0.2, 0.25) is 0 Å². The minimum atomic E-state index is 0. The molecule has 0 radical (unpaired) electrons. The Labute approximate surface area is 142 Å². The highest BCUT2D eigenvalue weighted by Gasteiger charge is 2.10. The molecule has 0 heterocycles. The molecule has 1 N–H and O–H groups in total. The van der Waals surface area contributed by atoms with Gasteiger partial charge in [0.25, 0.3) is 0 Å². The smallest absolute Gasteiger partial charge is 0.175 e. The Balaban J connectivity index is 0.00000400. The molecule has 0 aliphatic heterocycles. The van der Waals surface area contributed by atoms with E-state index in [2.05, 4.69) is 27.3 Å². The van der Waals surface area contributed by atoms with Crippen LogP contribution >= 0.6 is 28.3 Å². The molecule has 0 amide bonds. The molecule has 0 spiro atoms. The maximum atomic E-state index is 5.57. The molecule has 1 rings (SSSR count). The molecule has 0 saturated heterocycles. The van der Waals surface area contributed by atoms with Crippen LogP contribution in [-0.2, 0) is 11.3 Å². The Morgan fingerprint density at radius 2 is 1.95 bits per heavy atom. The minimum Gasteiger partial charge on any atom is -0.493 e. The van der Waals surface area contributed by atoms with Crippen LogP contribution in [0.25, 0.3) is 0 Å². The van der Waals surface area contributed by atoms with Gasteiger partial charge in [-0.1, -0.05) is 0 Å². The summed E-state index contributed by atoms with van der Waals surface area (Å²) in [7, 11) is 1.66. The maximum Gasteiger partial charge on any atom is 0.175 e. The third-order valence-corrected chi connectivity index (χ3v) is 3.34. The zero-order valence-electron chi connectivity index (χ0n) is 12.9. The molecular formula is C15H25BrClNO3. The topological polar surface area (TPSA) is 39.7 Å². The third kappa shape index (κ3) is 7.36. The first-order chi connectivity index (χ1) is 9.72. The second kappa shape index (κ2) is 12.1. The van der Waals surface area contributed by atoms with Crippen LogP contribution in [-0.4, -0.2) is 33.5 Å². The van der Waals surface area contributed by atoms with Gasteiger partial charge in [0.05, 0.1) is 18.2 Å². The largest absolute Gasteiger partial charge is 0.493 e. The van der Waals surface area contributed by atoms with Gasteiger partial charge in [0.1, 0.15) is 0 Å². The quantitative estimate of drug-likeness (QED) is 0.625. The molecule has 0 fully saturated rings. The number of ether oxygens (including phenoxy) is 3. The van der Waals surface area contributed by atoms with Crippen molar-refractivity contribution in [2.75, 3.05) is 33.5 Å². The summed E-state index contributed by atoms with van der Waals surface area (Å²) in [6, 6.07) is 4.06. The van der Waals surface area contributed by atoms with Gasteiger partial charge in [-0.05, 0) is 60.4 Å². The van der Waals surface area contributed by atoms with Gasteiger partial charge in [-0.25, -0.2) is 0 Å². The van der Waals surface area contributed by atoms with Crippen LogP contribution in [0.2, 0.25) is 0 Å². The average Bonchev–Trinajstić information content (AvgIpc) is 2.45. The van der Waals surface area contributed by atoms with Crippen LogP contribution in [0.5, 0.6) is 11.5 Å². The predicted octanol–water partition coefficient (Wildman–Crippen LogP) is 3.79. The number of hydrogen-bond donors (Lipinski definition) is 1. The highest BCUT2D eigenvalue weighted by atomic mass is 79.9. The summed E-state index contributed by atoms with van der Waals surface area (Å²) < 4.78 is 17.2. The lowest BCUT2D eigenvalue weighted by Gasteiger charge is -2.13. The number of methoxy groups -OCH3 is 1. The molecule has 6 heteroatoms. The van der Waals surface area contributed by atoms with Crippen molar-refractivity contribution in [3.05, 3.63) is 22.2 Å². The van der Waals surface area contributed by atoms with Crippen molar-refractivity contribution < 1.29 is 14.2 Å². The lowest BCUT2D eigenvalue weighted by Crippen LogP contribution is -2.16. The van der Waals surface area contributed by atoms with Gasteiger partial charge in [-0.3, -0.25) is 0 Å². The third-order valence-electron chi connectivity index (χ3n) is 2.75. The summed E-state index contributed by atoms with van der Waals surface area (Å²) in [5.74, 6) is 1.52. The predicted molar refractivity (Wildman–Crippen MR) is 91.9 cm³/mol. The van der Waals surface area contributed by atoms with E-state index < -0.39 is 0 Å². The van der Waals surface area contributed by atoms with Gasteiger partial charge in [-0.15, -0.1) is 12.4 Å². The van der Waals surface area contributed by atoms with Crippen molar-refractivity contribution >= 4 is 28.3 Å². The van der Waals surface area contributed by atoms with Crippen LogP contribution in [0.4, 0.5) is 0 Å². The fraction of sp³-hybridized carbons (Fsp3) is 0.600. The molecule has 1 aromatic rings. The molecule has 21 heavy (non-hydrogen) atoms. The van der Waals surface area contributed by atoms with Crippen molar-refractivity contribution in [1.29, 1.82) is 0 Å². The van der Waals surface area contributed by atoms with Crippen molar-refractivity contribution in [1.82, 2.24) is 5.32 Å². The van der Waals surface area contributed by atoms with Crippen LogP contribution in [0, 0.1) is 0 Å². The van der Waals surface area contributed by atoms with Crippen molar-refractivity contribution in [2.45, 2.75) is 26.8 Å². The van der Waals surface area contributed by atoms with E-state index in [-0.39, 0.29) is 12.4 Å². The van der Waals surface area contributed by atoms with E-state index in [1.807, 2.05) is 19.9 Å². The van der Waals surface area contributed by atoms with Gasteiger partial charge in [-0.2, -0.15) is 0 Å². The van der Waals surface area contributed by atoms with Crippen LogP contribution in [0.15, 0.2) is 16.6 Å². The molecule has 0 bridgehead atoms. The van der Waals surface area contributed by atoms with Gasteiger partial charge < -0.3 is 19.5 Å². The van der Waals surface area contributed by atoms with E-state index in [4.69, 9.17) is 14.2 Å². The number of rotatable bonds is 10. The summed E-state index contributed by atoms with van der Waals surface area (Å²) in [6.07, 6.45) is 1.02. The standard InChI is InChI=1S/C15H24BrNO3.ClH/c1-4-19-8-6-7-17-11-12-9-13(16)15(20-5-2)14(10-12)18-3;/h9-10,17H,4-8,11H2,1-3H3;1H. The summed E-state index contributed by atoms with van der Waals surface area (Å²) in [6.45, 7) is 7.91. The average molecular weight is 383 g/mol. The summed E-state index contributed by atoms with van der Waals surface area (Å²) in [4.78, 5) is 0. The van der Waals surface area contributed by atoms with E-state index in [0.29, 0.717) is 6.61 Å². The first kappa shape index (κ1) is 20.5. The lowest BCUT2D eigenvalue weighted by molar-refractivity contribution is 0.144.